The van der Waals surface area contributed by atoms with Gasteiger partial charge in [0.05, 0.1) is 18.1 Å². The molecule has 0 saturated carbocycles. The van der Waals surface area contributed by atoms with E-state index in [1.54, 1.807) is 12.1 Å². The van der Waals surface area contributed by atoms with Gasteiger partial charge < -0.3 is 14.5 Å². The van der Waals surface area contributed by atoms with Gasteiger partial charge in [0.15, 0.2) is 0 Å². The Bertz CT molecular complexity index is 956. The van der Waals surface area contributed by atoms with E-state index in [4.69, 9.17) is 4.74 Å². The molecule has 0 bridgehead atoms. The molecule has 1 fully saturated rings. The molecule has 0 N–H and O–H groups in total. The van der Waals surface area contributed by atoms with E-state index in [2.05, 4.69) is 17.0 Å². The SMILES string of the molecule is CCOc1ccc2c(c1)CN(CC(=O)N1CCN(c3ccccc3[N+](=O)[O-])CC1)CC2. The van der Waals surface area contributed by atoms with Crippen LogP contribution in [0, 0.1) is 10.1 Å². The zero-order valence-corrected chi connectivity index (χ0v) is 17.8. The summed E-state index contributed by atoms with van der Waals surface area (Å²) in [6.07, 6.45) is 0.931. The van der Waals surface area contributed by atoms with Gasteiger partial charge in [0.25, 0.3) is 5.69 Å². The highest BCUT2D eigenvalue weighted by Crippen LogP contribution is 2.28. The summed E-state index contributed by atoms with van der Waals surface area (Å²) in [5.41, 5.74) is 3.29. The van der Waals surface area contributed by atoms with Crippen molar-refractivity contribution in [2.75, 3.05) is 50.8 Å². The molecule has 31 heavy (non-hydrogen) atoms. The molecule has 0 atom stereocenters. The third-order valence-electron chi connectivity index (χ3n) is 5.99. The maximum absolute atomic E-state index is 12.9. The maximum atomic E-state index is 12.9. The summed E-state index contributed by atoms with van der Waals surface area (Å²) in [6.45, 7) is 6.95. The van der Waals surface area contributed by atoms with Crippen molar-refractivity contribution >= 4 is 17.3 Å². The molecule has 2 aliphatic heterocycles. The lowest BCUT2D eigenvalue weighted by atomic mass is 9.99. The number of carbonyl (C=O) groups excluding carboxylic acids is 1. The molecule has 2 aliphatic rings. The Hall–Kier alpha value is -3.13. The molecule has 164 valence electrons. The highest BCUT2D eigenvalue weighted by Gasteiger charge is 2.27. The number of hydrogen-bond donors (Lipinski definition) is 0. The van der Waals surface area contributed by atoms with Gasteiger partial charge in [-0.1, -0.05) is 18.2 Å². The Kier molecular flexibility index (Phi) is 6.36. The number of anilines is 1. The predicted molar refractivity (Wildman–Crippen MR) is 118 cm³/mol. The largest absolute Gasteiger partial charge is 0.494 e. The van der Waals surface area contributed by atoms with E-state index in [0.29, 0.717) is 45.0 Å². The molecule has 2 aromatic carbocycles. The van der Waals surface area contributed by atoms with Gasteiger partial charge in [-0.05, 0) is 42.7 Å². The molecule has 8 heteroatoms. The summed E-state index contributed by atoms with van der Waals surface area (Å²) in [7, 11) is 0. The van der Waals surface area contributed by atoms with Gasteiger partial charge in [0, 0.05) is 45.3 Å². The number of fused-ring (bicyclic) bond motifs is 1. The number of nitrogens with zero attached hydrogens (tertiary/aromatic N) is 4. The predicted octanol–water partition coefficient (Wildman–Crippen LogP) is 2.70. The van der Waals surface area contributed by atoms with Gasteiger partial charge in [-0.2, -0.15) is 0 Å². The van der Waals surface area contributed by atoms with E-state index in [1.165, 1.54) is 17.2 Å². The number of benzene rings is 2. The van der Waals surface area contributed by atoms with Crippen molar-refractivity contribution in [2.45, 2.75) is 19.9 Å². The number of carbonyl (C=O) groups is 1. The highest BCUT2D eigenvalue weighted by atomic mass is 16.6. The van der Waals surface area contributed by atoms with Crippen LogP contribution in [0.25, 0.3) is 0 Å². The third kappa shape index (κ3) is 4.80. The number of ether oxygens (including phenoxy) is 1. The van der Waals surface area contributed by atoms with Gasteiger partial charge >= 0.3 is 0 Å². The van der Waals surface area contributed by atoms with Crippen LogP contribution in [-0.4, -0.2) is 66.5 Å². The molecule has 2 aromatic rings. The lowest BCUT2D eigenvalue weighted by Crippen LogP contribution is -2.51. The zero-order chi connectivity index (χ0) is 21.8. The average molecular weight is 425 g/mol. The first-order valence-corrected chi connectivity index (χ1v) is 10.8. The van der Waals surface area contributed by atoms with Crippen LogP contribution in [0.3, 0.4) is 0 Å². The van der Waals surface area contributed by atoms with Gasteiger partial charge in [-0.15, -0.1) is 0 Å². The fraction of sp³-hybridized carbons (Fsp3) is 0.435. The summed E-state index contributed by atoms with van der Waals surface area (Å²) < 4.78 is 5.61. The van der Waals surface area contributed by atoms with Gasteiger partial charge in [0.1, 0.15) is 11.4 Å². The second-order valence-electron chi connectivity index (χ2n) is 7.94. The Labute approximate surface area is 182 Å². The number of piperazine rings is 1. The summed E-state index contributed by atoms with van der Waals surface area (Å²) in [6, 6.07) is 13.0. The van der Waals surface area contributed by atoms with Crippen LogP contribution < -0.4 is 9.64 Å². The van der Waals surface area contributed by atoms with Crippen molar-refractivity contribution in [3.63, 3.8) is 0 Å². The molecule has 0 unspecified atom stereocenters. The smallest absolute Gasteiger partial charge is 0.292 e. The van der Waals surface area contributed by atoms with E-state index >= 15 is 0 Å². The Morgan fingerprint density at radius 2 is 1.84 bits per heavy atom. The summed E-state index contributed by atoms with van der Waals surface area (Å²) in [4.78, 5) is 29.9. The quantitative estimate of drug-likeness (QED) is 0.524. The van der Waals surface area contributed by atoms with E-state index < -0.39 is 0 Å². The molecular weight excluding hydrogens is 396 g/mol. The van der Waals surface area contributed by atoms with Gasteiger partial charge in [0.2, 0.25) is 5.91 Å². The van der Waals surface area contributed by atoms with Crippen molar-refractivity contribution in [1.29, 1.82) is 0 Å². The van der Waals surface area contributed by atoms with Crippen molar-refractivity contribution in [2.24, 2.45) is 0 Å². The van der Waals surface area contributed by atoms with Gasteiger partial charge in [-0.25, -0.2) is 0 Å². The lowest BCUT2D eigenvalue weighted by Gasteiger charge is -2.37. The fourth-order valence-electron chi connectivity index (χ4n) is 4.36. The number of amides is 1. The third-order valence-corrected chi connectivity index (χ3v) is 5.99. The van der Waals surface area contributed by atoms with Crippen LogP contribution in [0.4, 0.5) is 11.4 Å². The normalized spacial score (nSPS) is 16.7. The second kappa shape index (κ2) is 9.34. The van der Waals surface area contributed by atoms with Crippen LogP contribution in [0.15, 0.2) is 42.5 Å². The van der Waals surface area contributed by atoms with Crippen LogP contribution >= 0.6 is 0 Å². The minimum atomic E-state index is -0.349. The first kappa shape index (κ1) is 21.1. The van der Waals surface area contributed by atoms with Crippen molar-refractivity contribution in [1.82, 2.24) is 9.80 Å². The Balaban J connectivity index is 1.33. The number of nitro benzene ring substituents is 1. The standard InChI is InChI=1S/C23H28N4O4/c1-2-31-20-8-7-18-9-10-24(16-19(18)15-20)17-23(28)26-13-11-25(12-14-26)21-5-3-4-6-22(21)27(29)30/h3-8,15H,2,9-14,16-17H2,1H3. The molecule has 0 spiro atoms. The lowest BCUT2D eigenvalue weighted by molar-refractivity contribution is -0.384. The highest BCUT2D eigenvalue weighted by molar-refractivity contribution is 5.79. The van der Waals surface area contributed by atoms with Crippen molar-refractivity contribution < 1.29 is 14.5 Å². The molecule has 8 nitrogen and oxygen atoms in total. The van der Waals surface area contributed by atoms with E-state index in [9.17, 15) is 14.9 Å². The first-order valence-electron chi connectivity index (χ1n) is 10.8. The van der Waals surface area contributed by atoms with Crippen LogP contribution in [0.1, 0.15) is 18.1 Å². The first-order chi connectivity index (χ1) is 15.0. The van der Waals surface area contributed by atoms with Crippen LogP contribution in [0.2, 0.25) is 0 Å². The average Bonchev–Trinajstić information content (AvgIpc) is 2.79. The molecular formula is C23H28N4O4. The molecule has 2 heterocycles. The fourth-order valence-corrected chi connectivity index (χ4v) is 4.36. The number of rotatable bonds is 6. The van der Waals surface area contributed by atoms with Crippen LogP contribution in [0.5, 0.6) is 5.75 Å². The number of nitro groups is 1. The topological polar surface area (TPSA) is 79.2 Å². The molecule has 1 amide bonds. The number of para-hydroxylation sites is 2. The molecule has 4 rings (SSSR count). The Morgan fingerprint density at radius 3 is 2.58 bits per heavy atom. The maximum Gasteiger partial charge on any atom is 0.292 e. The summed E-state index contributed by atoms with van der Waals surface area (Å²) >= 11 is 0. The van der Waals surface area contributed by atoms with E-state index in [-0.39, 0.29) is 16.5 Å². The van der Waals surface area contributed by atoms with E-state index in [1.807, 2.05) is 28.9 Å². The molecule has 0 aromatic heterocycles. The summed E-state index contributed by atoms with van der Waals surface area (Å²) in [5, 5.41) is 11.3. The monoisotopic (exact) mass is 424 g/mol. The summed E-state index contributed by atoms with van der Waals surface area (Å²) in [5.74, 6) is 0.993. The minimum absolute atomic E-state index is 0.112. The van der Waals surface area contributed by atoms with Crippen LogP contribution in [-0.2, 0) is 17.8 Å². The molecule has 0 aliphatic carbocycles. The zero-order valence-electron chi connectivity index (χ0n) is 17.8. The molecule has 1 saturated heterocycles. The van der Waals surface area contributed by atoms with Crippen molar-refractivity contribution in [3.8, 4) is 5.75 Å². The Morgan fingerprint density at radius 1 is 1.06 bits per heavy atom. The van der Waals surface area contributed by atoms with E-state index in [0.717, 1.165) is 25.3 Å². The number of hydrogen-bond acceptors (Lipinski definition) is 6. The van der Waals surface area contributed by atoms with Crippen molar-refractivity contribution in [3.05, 3.63) is 63.7 Å². The minimum Gasteiger partial charge on any atom is -0.494 e. The molecule has 0 radical (unpaired) electrons. The van der Waals surface area contributed by atoms with Gasteiger partial charge in [-0.3, -0.25) is 19.8 Å². The second-order valence-corrected chi connectivity index (χ2v) is 7.94.